The van der Waals surface area contributed by atoms with Crippen molar-refractivity contribution in [2.75, 3.05) is 20.7 Å². The third-order valence-corrected chi connectivity index (χ3v) is 4.93. The number of carbonyl (C=O) groups is 2. The molecule has 0 aromatic carbocycles. The highest BCUT2D eigenvalue weighted by molar-refractivity contribution is 5.96. The number of hydrogen-bond donors (Lipinski definition) is 1. The van der Waals surface area contributed by atoms with E-state index in [0.29, 0.717) is 29.6 Å². The molecule has 1 aromatic heterocycles. The van der Waals surface area contributed by atoms with Gasteiger partial charge in [-0.3, -0.25) is 14.6 Å². The van der Waals surface area contributed by atoms with Crippen molar-refractivity contribution in [3.8, 4) is 5.75 Å². The second kappa shape index (κ2) is 5.94. The monoisotopic (exact) mass is 303 g/mol. The van der Waals surface area contributed by atoms with E-state index in [4.69, 9.17) is 4.74 Å². The predicted octanol–water partition coefficient (Wildman–Crippen LogP) is 1.08. The van der Waals surface area contributed by atoms with Crippen molar-refractivity contribution in [1.82, 2.24) is 15.2 Å². The number of fused-ring (bicyclic) bond motifs is 1. The van der Waals surface area contributed by atoms with Gasteiger partial charge in [0.25, 0.3) is 5.91 Å². The maximum Gasteiger partial charge on any atom is 0.257 e. The minimum Gasteiger partial charge on any atom is -0.494 e. The van der Waals surface area contributed by atoms with E-state index in [2.05, 4.69) is 10.3 Å². The first-order valence-corrected chi connectivity index (χ1v) is 7.62. The molecule has 6 heteroatoms. The van der Waals surface area contributed by atoms with Crippen LogP contribution >= 0.6 is 0 Å². The minimum absolute atomic E-state index is 0.0535. The summed E-state index contributed by atoms with van der Waals surface area (Å²) in [5.74, 6) is 1.45. The molecule has 0 unspecified atom stereocenters. The lowest BCUT2D eigenvalue weighted by molar-refractivity contribution is -0.124. The smallest absolute Gasteiger partial charge is 0.257 e. The first kappa shape index (κ1) is 14.8. The van der Waals surface area contributed by atoms with E-state index >= 15 is 0 Å². The standard InChI is InChI=1S/C16H21N3O3/c1-19(16(21)13-3-4-17-9-14(13)22-2)12-5-10-7-15(20)18-8-11(10)6-12/h3-4,9-12H,5-8H2,1-2H3,(H,18,20)/t10-,11+,12-/m0/s1. The van der Waals surface area contributed by atoms with Crippen LogP contribution in [0, 0.1) is 11.8 Å². The lowest BCUT2D eigenvalue weighted by Gasteiger charge is -2.25. The van der Waals surface area contributed by atoms with Crippen molar-refractivity contribution in [3.05, 3.63) is 24.0 Å². The highest BCUT2D eigenvalue weighted by atomic mass is 16.5. The molecule has 0 bridgehead atoms. The van der Waals surface area contributed by atoms with Crippen LogP contribution in [0.4, 0.5) is 0 Å². The van der Waals surface area contributed by atoms with Gasteiger partial charge in [-0.15, -0.1) is 0 Å². The fourth-order valence-electron chi connectivity index (χ4n) is 3.63. The van der Waals surface area contributed by atoms with Gasteiger partial charge in [0, 0.05) is 32.3 Å². The fourth-order valence-corrected chi connectivity index (χ4v) is 3.63. The van der Waals surface area contributed by atoms with Gasteiger partial charge >= 0.3 is 0 Å². The summed E-state index contributed by atoms with van der Waals surface area (Å²) in [6.07, 6.45) is 5.58. The topological polar surface area (TPSA) is 71.5 Å². The Kier molecular flexibility index (Phi) is 4.00. The lowest BCUT2D eigenvalue weighted by atomic mass is 9.89. The summed E-state index contributed by atoms with van der Waals surface area (Å²) in [5, 5.41) is 2.92. The number of carbonyl (C=O) groups excluding carboxylic acids is 2. The quantitative estimate of drug-likeness (QED) is 0.907. The molecule has 0 spiro atoms. The average Bonchev–Trinajstić information content (AvgIpc) is 2.96. The summed E-state index contributed by atoms with van der Waals surface area (Å²) in [6.45, 7) is 0.737. The van der Waals surface area contributed by atoms with E-state index in [1.165, 1.54) is 7.11 Å². The fraction of sp³-hybridized carbons (Fsp3) is 0.562. The Hall–Kier alpha value is -2.11. The molecular weight excluding hydrogens is 282 g/mol. The van der Waals surface area contributed by atoms with Crippen molar-refractivity contribution in [3.63, 3.8) is 0 Å². The Balaban J connectivity index is 1.73. The van der Waals surface area contributed by atoms with Gasteiger partial charge < -0.3 is 15.0 Å². The molecule has 6 nitrogen and oxygen atoms in total. The minimum atomic E-state index is -0.0535. The van der Waals surface area contributed by atoms with Gasteiger partial charge in [0.15, 0.2) is 0 Å². The predicted molar refractivity (Wildman–Crippen MR) is 80.5 cm³/mol. The third-order valence-electron chi connectivity index (χ3n) is 4.93. The number of piperidine rings is 1. The number of aromatic nitrogens is 1. The number of amides is 2. The first-order valence-electron chi connectivity index (χ1n) is 7.62. The molecule has 1 N–H and O–H groups in total. The summed E-state index contributed by atoms with van der Waals surface area (Å²) < 4.78 is 5.22. The summed E-state index contributed by atoms with van der Waals surface area (Å²) >= 11 is 0. The SMILES string of the molecule is COc1cnccc1C(=O)N(C)[C@H]1C[C@H]2CC(=O)NC[C@H]2C1. The van der Waals surface area contributed by atoms with Crippen molar-refractivity contribution < 1.29 is 14.3 Å². The van der Waals surface area contributed by atoms with Crippen molar-refractivity contribution in [1.29, 1.82) is 0 Å². The molecule has 0 radical (unpaired) electrons. The van der Waals surface area contributed by atoms with Gasteiger partial charge in [0.1, 0.15) is 5.75 Å². The van der Waals surface area contributed by atoms with Gasteiger partial charge in [-0.25, -0.2) is 0 Å². The van der Waals surface area contributed by atoms with Crippen LogP contribution in [-0.2, 0) is 4.79 Å². The maximum atomic E-state index is 12.7. The molecule has 118 valence electrons. The number of pyridine rings is 1. The summed E-state index contributed by atoms with van der Waals surface area (Å²) in [7, 11) is 3.37. The zero-order chi connectivity index (χ0) is 15.7. The van der Waals surface area contributed by atoms with Crippen LogP contribution in [0.1, 0.15) is 29.6 Å². The van der Waals surface area contributed by atoms with E-state index < -0.39 is 0 Å². The Morgan fingerprint density at radius 3 is 2.95 bits per heavy atom. The van der Waals surface area contributed by atoms with Crippen molar-refractivity contribution in [2.45, 2.75) is 25.3 Å². The van der Waals surface area contributed by atoms with Crippen LogP contribution < -0.4 is 10.1 Å². The van der Waals surface area contributed by atoms with E-state index in [9.17, 15) is 9.59 Å². The number of ether oxygens (including phenoxy) is 1. The van der Waals surface area contributed by atoms with Crippen molar-refractivity contribution in [2.24, 2.45) is 11.8 Å². The van der Waals surface area contributed by atoms with Gasteiger partial charge in [-0.2, -0.15) is 0 Å². The third kappa shape index (κ3) is 2.65. The van der Waals surface area contributed by atoms with Gasteiger partial charge in [0.05, 0.1) is 18.9 Å². The number of nitrogens with zero attached hydrogens (tertiary/aromatic N) is 2. The molecule has 2 heterocycles. The number of hydrogen-bond acceptors (Lipinski definition) is 4. The van der Waals surface area contributed by atoms with Crippen LogP contribution in [-0.4, -0.2) is 48.4 Å². The Labute approximate surface area is 129 Å². The van der Waals surface area contributed by atoms with E-state index in [1.54, 1.807) is 23.4 Å². The molecule has 1 aliphatic carbocycles. The summed E-state index contributed by atoms with van der Waals surface area (Å²) in [5.41, 5.74) is 0.532. The number of rotatable bonds is 3. The van der Waals surface area contributed by atoms with Crippen LogP contribution in [0.25, 0.3) is 0 Å². The van der Waals surface area contributed by atoms with Crippen LogP contribution in [0.2, 0.25) is 0 Å². The van der Waals surface area contributed by atoms with Crippen molar-refractivity contribution >= 4 is 11.8 Å². The summed E-state index contributed by atoms with van der Waals surface area (Å²) in [6, 6.07) is 1.86. The van der Waals surface area contributed by atoms with E-state index in [0.717, 1.165) is 19.4 Å². The molecule has 1 saturated heterocycles. The van der Waals surface area contributed by atoms with Crippen LogP contribution in [0.3, 0.4) is 0 Å². The largest absolute Gasteiger partial charge is 0.494 e. The zero-order valence-electron chi connectivity index (χ0n) is 12.9. The zero-order valence-corrected chi connectivity index (χ0v) is 12.9. The second-order valence-corrected chi connectivity index (χ2v) is 6.15. The van der Waals surface area contributed by atoms with Gasteiger partial charge in [-0.05, 0) is 30.7 Å². The Morgan fingerprint density at radius 2 is 2.18 bits per heavy atom. The summed E-state index contributed by atoms with van der Waals surface area (Å²) in [4.78, 5) is 30.0. The highest BCUT2D eigenvalue weighted by Crippen LogP contribution is 2.38. The van der Waals surface area contributed by atoms with Crippen LogP contribution in [0.15, 0.2) is 18.5 Å². The van der Waals surface area contributed by atoms with Crippen LogP contribution in [0.5, 0.6) is 5.75 Å². The molecule has 2 amide bonds. The molecule has 3 atom stereocenters. The lowest BCUT2D eigenvalue weighted by Crippen LogP contribution is -2.38. The van der Waals surface area contributed by atoms with E-state index in [1.807, 2.05) is 7.05 Å². The average molecular weight is 303 g/mol. The normalized spacial score (nSPS) is 27.0. The van der Waals surface area contributed by atoms with Gasteiger partial charge in [0.2, 0.25) is 5.91 Å². The Bertz CT molecular complexity index is 590. The second-order valence-electron chi connectivity index (χ2n) is 6.15. The molecule has 3 rings (SSSR count). The molecular formula is C16H21N3O3. The molecule has 22 heavy (non-hydrogen) atoms. The maximum absolute atomic E-state index is 12.7. The molecule has 1 saturated carbocycles. The molecule has 1 aliphatic heterocycles. The molecule has 2 aliphatic rings. The molecule has 2 fully saturated rings. The van der Waals surface area contributed by atoms with Gasteiger partial charge in [-0.1, -0.05) is 0 Å². The molecule has 1 aromatic rings. The number of methoxy groups -OCH3 is 1. The highest BCUT2D eigenvalue weighted by Gasteiger charge is 2.40. The first-order chi connectivity index (χ1) is 10.6. The van der Waals surface area contributed by atoms with E-state index in [-0.39, 0.29) is 17.9 Å². The number of nitrogens with one attached hydrogen (secondary N) is 1. The Morgan fingerprint density at radius 1 is 1.41 bits per heavy atom.